The van der Waals surface area contributed by atoms with Crippen molar-refractivity contribution in [2.75, 3.05) is 0 Å². The van der Waals surface area contributed by atoms with Gasteiger partial charge in [-0.25, -0.2) is 0 Å². The zero-order valence-corrected chi connectivity index (χ0v) is 7.98. The van der Waals surface area contributed by atoms with Gasteiger partial charge in [0.05, 0.1) is 0 Å². The fraction of sp³-hybridized carbons (Fsp3) is 0.167. The van der Waals surface area contributed by atoms with Crippen LogP contribution >= 0.6 is 0 Å². The number of rotatable bonds is 2. The highest BCUT2D eigenvalue weighted by molar-refractivity contribution is 6.45. The van der Waals surface area contributed by atoms with Crippen LogP contribution in [0, 0.1) is 0 Å². The van der Waals surface area contributed by atoms with Crippen molar-refractivity contribution >= 4 is 18.5 Å². The second-order valence-electron chi connectivity index (χ2n) is 3.41. The molecule has 1 radical (unpaired) electrons. The zero-order valence-electron chi connectivity index (χ0n) is 7.98. The minimum atomic E-state index is 0.859. The van der Waals surface area contributed by atoms with Crippen LogP contribution in [0.4, 0.5) is 0 Å². The van der Waals surface area contributed by atoms with E-state index in [9.17, 15) is 0 Å². The quantitative estimate of drug-likeness (QED) is 0.691. The Bertz CT molecular complexity index is 380. The summed E-state index contributed by atoms with van der Waals surface area (Å²) in [5.74, 6) is 0. The lowest BCUT2D eigenvalue weighted by Gasteiger charge is -2.09. The van der Waals surface area contributed by atoms with Crippen molar-refractivity contribution in [1.29, 1.82) is 0 Å². The molecule has 0 saturated heterocycles. The number of benzene rings is 1. The van der Waals surface area contributed by atoms with Gasteiger partial charge in [-0.15, -0.1) is 0 Å². The summed E-state index contributed by atoms with van der Waals surface area (Å²) in [6, 6.07) is 7.95. The van der Waals surface area contributed by atoms with E-state index in [0.29, 0.717) is 0 Å². The van der Waals surface area contributed by atoms with E-state index in [0.717, 1.165) is 25.8 Å². The molecule has 1 aliphatic carbocycles. The second-order valence-corrected chi connectivity index (χ2v) is 3.41. The van der Waals surface area contributed by atoms with Gasteiger partial charge in [0.2, 0.25) is 0 Å². The fourth-order valence-corrected chi connectivity index (χ4v) is 1.66. The Morgan fingerprint density at radius 1 is 1.29 bits per heavy atom. The molecule has 1 N–H and O–H groups in total. The zero-order chi connectivity index (χ0) is 9.80. The summed E-state index contributed by atoms with van der Waals surface area (Å²) >= 11 is 0. The molecule has 1 aromatic carbocycles. The molecule has 0 aliphatic heterocycles. The van der Waals surface area contributed by atoms with Gasteiger partial charge in [0.15, 0.2) is 0 Å². The first-order valence-corrected chi connectivity index (χ1v) is 4.84. The molecule has 0 heterocycles. The topological polar surface area (TPSA) is 20.2 Å². The van der Waals surface area contributed by atoms with Crippen molar-refractivity contribution in [3.8, 4) is 0 Å². The van der Waals surface area contributed by atoms with E-state index in [2.05, 4.69) is 24.3 Å². The lowest BCUT2D eigenvalue weighted by atomic mass is 9.85. The third-order valence-electron chi connectivity index (χ3n) is 2.42. The third-order valence-corrected chi connectivity index (χ3v) is 2.42. The monoisotopic (exact) mass is 183 g/mol. The predicted octanol–water partition coefficient (Wildman–Crippen LogP) is 1.66. The van der Waals surface area contributed by atoms with E-state index in [1.54, 1.807) is 0 Å². The summed E-state index contributed by atoms with van der Waals surface area (Å²) in [5, 5.41) is 8.90. The lowest BCUT2D eigenvalue weighted by molar-refractivity contribution is 0.615. The van der Waals surface area contributed by atoms with Gasteiger partial charge >= 0.3 is 7.48 Å². The van der Waals surface area contributed by atoms with Gasteiger partial charge in [-0.2, -0.15) is 0 Å². The van der Waals surface area contributed by atoms with Crippen molar-refractivity contribution in [1.82, 2.24) is 0 Å². The molecular weight excluding hydrogens is 171 g/mol. The molecule has 0 unspecified atom stereocenters. The van der Waals surface area contributed by atoms with Crippen molar-refractivity contribution in [2.24, 2.45) is 0 Å². The average molecular weight is 183 g/mol. The Kier molecular flexibility index (Phi) is 2.85. The largest absolute Gasteiger partial charge is 0.450 e. The van der Waals surface area contributed by atoms with E-state index in [1.165, 1.54) is 11.1 Å². The molecule has 0 amide bonds. The standard InChI is InChI=1S/C12H12BO/c14-13-12-8-4-7-11(9-12)10-5-2-1-3-6-10/h1-2,4-5,7-9,14H,3,6H2. The Hall–Kier alpha value is -1.28. The summed E-state index contributed by atoms with van der Waals surface area (Å²) in [7, 11) is 1.14. The molecule has 0 fully saturated rings. The minimum Gasteiger partial charge on any atom is -0.450 e. The smallest absolute Gasteiger partial charge is 0.326 e. The number of hydrogen-bond acceptors (Lipinski definition) is 1. The number of hydrogen-bond donors (Lipinski definition) is 1. The van der Waals surface area contributed by atoms with Crippen molar-refractivity contribution < 1.29 is 5.02 Å². The lowest BCUT2D eigenvalue weighted by Crippen LogP contribution is -2.13. The fourth-order valence-electron chi connectivity index (χ4n) is 1.66. The molecule has 1 aliphatic rings. The highest BCUT2D eigenvalue weighted by Crippen LogP contribution is 2.22. The maximum atomic E-state index is 8.90. The van der Waals surface area contributed by atoms with Crippen LogP contribution in [-0.4, -0.2) is 12.5 Å². The van der Waals surface area contributed by atoms with Gasteiger partial charge in [-0.05, 0) is 24.0 Å². The molecule has 0 bridgehead atoms. The van der Waals surface area contributed by atoms with Crippen molar-refractivity contribution in [3.05, 3.63) is 48.1 Å². The molecule has 69 valence electrons. The average Bonchev–Trinajstić information content (AvgIpc) is 2.30. The Morgan fingerprint density at radius 3 is 2.93 bits per heavy atom. The molecule has 1 nitrogen and oxygen atoms in total. The van der Waals surface area contributed by atoms with Crippen LogP contribution < -0.4 is 5.46 Å². The predicted molar refractivity (Wildman–Crippen MR) is 60.4 cm³/mol. The van der Waals surface area contributed by atoms with Crippen molar-refractivity contribution in [2.45, 2.75) is 12.8 Å². The highest BCUT2D eigenvalue weighted by atomic mass is 16.2. The maximum Gasteiger partial charge on any atom is 0.326 e. The molecule has 14 heavy (non-hydrogen) atoms. The summed E-state index contributed by atoms with van der Waals surface area (Å²) in [5.41, 5.74) is 3.41. The molecule has 2 rings (SSSR count). The van der Waals surface area contributed by atoms with Crippen molar-refractivity contribution in [3.63, 3.8) is 0 Å². The van der Waals surface area contributed by atoms with Crippen LogP contribution in [0.15, 0.2) is 42.5 Å². The second kappa shape index (κ2) is 4.29. The van der Waals surface area contributed by atoms with Gasteiger partial charge < -0.3 is 5.02 Å². The van der Waals surface area contributed by atoms with Crippen LogP contribution in [0.1, 0.15) is 18.4 Å². The third kappa shape index (κ3) is 1.96. The molecule has 1 aromatic rings. The minimum absolute atomic E-state index is 0.859. The van der Waals surface area contributed by atoms with Gasteiger partial charge in [0, 0.05) is 0 Å². The van der Waals surface area contributed by atoms with Gasteiger partial charge in [0.1, 0.15) is 0 Å². The van der Waals surface area contributed by atoms with Crippen LogP contribution in [0.25, 0.3) is 5.57 Å². The van der Waals surface area contributed by atoms with E-state index >= 15 is 0 Å². The SMILES string of the molecule is O[B]c1cccc(C2=CC=CCC2)c1. The maximum absolute atomic E-state index is 8.90. The van der Waals surface area contributed by atoms with Gasteiger partial charge in [-0.3, -0.25) is 0 Å². The first-order chi connectivity index (χ1) is 6.90. The van der Waals surface area contributed by atoms with Crippen LogP contribution in [0.3, 0.4) is 0 Å². The van der Waals surface area contributed by atoms with E-state index in [-0.39, 0.29) is 0 Å². The van der Waals surface area contributed by atoms with E-state index < -0.39 is 0 Å². The Labute approximate surface area is 85.1 Å². The molecule has 0 spiro atoms. The molecular formula is C12H12BO. The first-order valence-electron chi connectivity index (χ1n) is 4.84. The Morgan fingerprint density at radius 2 is 2.21 bits per heavy atom. The Balaban J connectivity index is 2.31. The highest BCUT2D eigenvalue weighted by Gasteiger charge is 2.03. The van der Waals surface area contributed by atoms with E-state index in [1.807, 2.05) is 18.2 Å². The van der Waals surface area contributed by atoms with Gasteiger partial charge in [-0.1, -0.05) is 48.0 Å². The van der Waals surface area contributed by atoms with Gasteiger partial charge in [0.25, 0.3) is 0 Å². The molecule has 0 saturated carbocycles. The first kappa shape index (κ1) is 9.29. The van der Waals surface area contributed by atoms with Crippen LogP contribution in [-0.2, 0) is 0 Å². The number of allylic oxidation sites excluding steroid dienone is 4. The van der Waals surface area contributed by atoms with E-state index in [4.69, 9.17) is 5.02 Å². The van der Waals surface area contributed by atoms with Crippen LogP contribution in [0.5, 0.6) is 0 Å². The summed E-state index contributed by atoms with van der Waals surface area (Å²) < 4.78 is 0. The van der Waals surface area contributed by atoms with Crippen LogP contribution in [0.2, 0.25) is 0 Å². The molecule has 0 aromatic heterocycles. The molecule has 2 heteroatoms. The molecule has 0 atom stereocenters. The summed E-state index contributed by atoms with van der Waals surface area (Å²) in [6.45, 7) is 0. The summed E-state index contributed by atoms with van der Waals surface area (Å²) in [4.78, 5) is 0. The summed E-state index contributed by atoms with van der Waals surface area (Å²) in [6.07, 6.45) is 8.60. The normalized spacial score (nSPS) is 15.1.